The van der Waals surface area contributed by atoms with Crippen molar-refractivity contribution in [2.45, 2.75) is 31.6 Å². The van der Waals surface area contributed by atoms with Crippen molar-refractivity contribution in [1.82, 2.24) is 15.1 Å². The highest BCUT2D eigenvalue weighted by molar-refractivity contribution is 5.78. The van der Waals surface area contributed by atoms with Gasteiger partial charge in [-0.25, -0.2) is 4.39 Å². The van der Waals surface area contributed by atoms with Crippen molar-refractivity contribution in [2.75, 3.05) is 19.6 Å². The summed E-state index contributed by atoms with van der Waals surface area (Å²) in [6, 6.07) is 6.29. The number of nitrogens with two attached hydrogens (primary N) is 1. The van der Waals surface area contributed by atoms with Gasteiger partial charge in [0.1, 0.15) is 5.82 Å². The van der Waals surface area contributed by atoms with Crippen LogP contribution in [0.25, 0.3) is 11.5 Å². The van der Waals surface area contributed by atoms with E-state index in [4.69, 9.17) is 10.2 Å². The quantitative estimate of drug-likeness (QED) is 0.898. The van der Waals surface area contributed by atoms with Crippen LogP contribution in [0.4, 0.5) is 4.39 Å². The minimum atomic E-state index is -0.398. The first-order valence-electron chi connectivity index (χ1n) is 8.52. The number of hydrogen-bond acceptors (Lipinski definition) is 5. The van der Waals surface area contributed by atoms with Crippen LogP contribution in [0.1, 0.15) is 32.1 Å². The lowest BCUT2D eigenvalue weighted by Gasteiger charge is -2.46. The third-order valence-electron chi connectivity index (χ3n) is 5.39. The summed E-state index contributed by atoms with van der Waals surface area (Å²) < 4.78 is 19.6. The summed E-state index contributed by atoms with van der Waals surface area (Å²) >= 11 is 0. The number of aromatic nitrogens is 2. The second kappa shape index (κ2) is 5.62. The van der Waals surface area contributed by atoms with Crippen molar-refractivity contribution in [2.24, 2.45) is 11.1 Å². The van der Waals surface area contributed by atoms with Gasteiger partial charge < -0.3 is 15.1 Å². The zero-order valence-electron chi connectivity index (χ0n) is 14.2. The molecule has 0 bridgehead atoms. The molecule has 25 heavy (non-hydrogen) atoms. The lowest BCUT2D eigenvalue weighted by atomic mass is 9.81. The standard InChI is InChI=1S/C18H21FN4O2/c1-17(10-23(11-17)14(24)8-18(9-20)6-7-18)16-22-21-15(25-16)12-4-2-3-5-13(12)19/h2-5H,6-11,20H2,1H3. The SMILES string of the molecule is CC1(c2nnc(-c3ccccc3F)o2)CN(C(=O)CC2(CN)CC2)C1. The van der Waals surface area contributed by atoms with Gasteiger partial charge in [-0.1, -0.05) is 12.1 Å². The maximum atomic E-state index is 13.9. The van der Waals surface area contributed by atoms with Crippen LogP contribution in [-0.4, -0.2) is 40.6 Å². The van der Waals surface area contributed by atoms with E-state index in [1.165, 1.54) is 6.07 Å². The van der Waals surface area contributed by atoms with Crippen molar-refractivity contribution in [3.63, 3.8) is 0 Å². The van der Waals surface area contributed by atoms with Gasteiger partial charge in [-0.05, 0) is 43.9 Å². The summed E-state index contributed by atoms with van der Waals surface area (Å²) in [5.41, 5.74) is 5.69. The second-order valence-electron chi connectivity index (χ2n) is 7.58. The molecule has 1 amide bonds. The number of benzene rings is 1. The van der Waals surface area contributed by atoms with Gasteiger partial charge >= 0.3 is 0 Å². The minimum absolute atomic E-state index is 0.0333. The summed E-state index contributed by atoms with van der Waals surface area (Å²) in [6.45, 7) is 3.61. The van der Waals surface area contributed by atoms with Gasteiger partial charge in [-0.3, -0.25) is 4.79 Å². The van der Waals surface area contributed by atoms with Gasteiger partial charge in [0.05, 0.1) is 11.0 Å². The highest BCUT2D eigenvalue weighted by Crippen LogP contribution is 2.48. The number of hydrogen-bond donors (Lipinski definition) is 1. The van der Waals surface area contributed by atoms with E-state index in [1.807, 2.05) is 11.8 Å². The Morgan fingerprint density at radius 3 is 2.68 bits per heavy atom. The van der Waals surface area contributed by atoms with Crippen LogP contribution >= 0.6 is 0 Å². The largest absolute Gasteiger partial charge is 0.420 e. The number of halogens is 1. The molecular formula is C18H21FN4O2. The molecule has 1 aromatic carbocycles. The maximum absolute atomic E-state index is 13.9. The van der Waals surface area contributed by atoms with Crippen LogP contribution < -0.4 is 5.73 Å². The molecular weight excluding hydrogens is 323 g/mol. The molecule has 0 unspecified atom stereocenters. The Balaban J connectivity index is 1.44. The predicted molar refractivity (Wildman–Crippen MR) is 89.0 cm³/mol. The summed E-state index contributed by atoms with van der Waals surface area (Å²) in [4.78, 5) is 14.2. The first-order chi connectivity index (χ1) is 11.9. The van der Waals surface area contributed by atoms with E-state index in [1.54, 1.807) is 18.2 Å². The first-order valence-corrected chi connectivity index (χ1v) is 8.52. The van der Waals surface area contributed by atoms with Gasteiger partial charge in [-0.15, -0.1) is 10.2 Å². The van der Waals surface area contributed by atoms with Crippen molar-refractivity contribution >= 4 is 5.91 Å². The fourth-order valence-corrected chi connectivity index (χ4v) is 3.38. The molecule has 0 atom stereocenters. The molecule has 1 aliphatic heterocycles. The molecule has 132 valence electrons. The average molecular weight is 344 g/mol. The molecule has 1 aromatic heterocycles. The van der Waals surface area contributed by atoms with Gasteiger partial charge in [-0.2, -0.15) is 0 Å². The van der Waals surface area contributed by atoms with Crippen LogP contribution in [0.15, 0.2) is 28.7 Å². The van der Waals surface area contributed by atoms with Gasteiger partial charge in [0, 0.05) is 19.5 Å². The number of rotatable bonds is 5. The highest BCUT2D eigenvalue weighted by Gasteiger charge is 2.50. The van der Waals surface area contributed by atoms with E-state index in [0.29, 0.717) is 31.9 Å². The van der Waals surface area contributed by atoms with E-state index >= 15 is 0 Å². The molecule has 7 heteroatoms. The number of carbonyl (C=O) groups excluding carboxylic acids is 1. The topological polar surface area (TPSA) is 85.2 Å². The average Bonchev–Trinajstić information content (AvgIpc) is 3.16. The van der Waals surface area contributed by atoms with Crippen molar-refractivity contribution < 1.29 is 13.6 Å². The fraction of sp³-hybridized carbons (Fsp3) is 0.500. The highest BCUT2D eigenvalue weighted by atomic mass is 19.1. The second-order valence-corrected chi connectivity index (χ2v) is 7.58. The molecule has 1 saturated carbocycles. The van der Waals surface area contributed by atoms with E-state index in [9.17, 15) is 9.18 Å². The summed E-state index contributed by atoms with van der Waals surface area (Å²) in [5, 5.41) is 8.05. The van der Waals surface area contributed by atoms with Crippen LogP contribution in [0.5, 0.6) is 0 Å². The molecule has 1 aliphatic carbocycles. The van der Waals surface area contributed by atoms with Gasteiger partial charge in [0.2, 0.25) is 11.8 Å². The molecule has 6 nitrogen and oxygen atoms in total. The predicted octanol–water partition coefficient (Wildman–Crippen LogP) is 2.10. The van der Waals surface area contributed by atoms with Crippen molar-refractivity contribution in [3.05, 3.63) is 36.0 Å². The molecule has 0 spiro atoms. The zero-order valence-corrected chi connectivity index (χ0v) is 14.2. The summed E-state index contributed by atoms with van der Waals surface area (Å²) in [7, 11) is 0. The molecule has 2 aliphatic rings. The number of likely N-dealkylation sites (tertiary alicyclic amines) is 1. The van der Waals surface area contributed by atoms with Crippen molar-refractivity contribution in [1.29, 1.82) is 0 Å². The van der Waals surface area contributed by atoms with Crippen molar-refractivity contribution in [3.8, 4) is 11.5 Å². The lowest BCUT2D eigenvalue weighted by molar-refractivity contribution is -0.140. The molecule has 1 saturated heterocycles. The lowest BCUT2D eigenvalue weighted by Crippen LogP contribution is -2.60. The molecule has 2 fully saturated rings. The molecule has 0 radical (unpaired) electrons. The van der Waals surface area contributed by atoms with Gasteiger partial charge in [0.15, 0.2) is 0 Å². The Morgan fingerprint density at radius 1 is 1.32 bits per heavy atom. The fourth-order valence-electron chi connectivity index (χ4n) is 3.38. The third kappa shape index (κ3) is 2.82. The van der Waals surface area contributed by atoms with Gasteiger partial charge in [0.25, 0.3) is 5.89 Å². The first kappa shape index (κ1) is 16.2. The van der Waals surface area contributed by atoms with Crippen LogP contribution in [0.3, 0.4) is 0 Å². The van der Waals surface area contributed by atoms with E-state index in [-0.39, 0.29) is 28.2 Å². The molecule has 2 aromatic rings. The summed E-state index contributed by atoms with van der Waals surface area (Å²) in [6.07, 6.45) is 2.59. The zero-order chi connectivity index (χ0) is 17.7. The maximum Gasteiger partial charge on any atom is 0.250 e. The monoisotopic (exact) mass is 344 g/mol. The smallest absolute Gasteiger partial charge is 0.250 e. The van der Waals surface area contributed by atoms with E-state index in [0.717, 1.165) is 12.8 Å². The number of carbonyl (C=O) groups is 1. The molecule has 4 rings (SSSR count). The molecule has 2 N–H and O–H groups in total. The third-order valence-corrected chi connectivity index (χ3v) is 5.39. The molecule has 2 heterocycles. The Labute approximate surface area is 145 Å². The minimum Gasteiger partial charge on any atom is -0.420 e. The number of nitrogens with zero attached hydrogens (tertiary/aromatic N) is 3. The Hall–Kier alpha value is -2.28. The van der Waals surface area contributed by atoms with E-state index in [2.05, 4.69) is 10.2 Å². The van der Waals surface area contributed by atoms with Crippen LogP contribution in [0.2, 0.25) is 0 Å². The van der Waals surface area contributed by atoms with E-state index < -0.39 is 5.82 Å². The number of amides is 1. The van der Waals surface area contributed by atoms with Crippen LogP contribution in [0, 0.1) is 11.2 Å². The Morgan fingerprint density at radius 2 is 2.04 bits per heavy atom. The Bertz CT molecular complexity index is 809. The Kier molecular flexibility index (Phi) is 3.64. The summed E-state index contributed by atoms with van der Waals surface area (Å²) in [5.74, 6) is 0.341. The normalized spacial score (nSPS) is 20.2. The van der Waals surface area contributed by atoms with Crippen LogP contribution in [-0.2, 0) is 10.2 Å².